The number of carbonyl (C=O) groups excluding carboxylic acids is 1. The van der Waals surface area contributed by atoms with Crippen molar-refractivity contribution in [3.63, 3.8) is 0 Å². The van der Waals surface area contributed by atoms with Gasteiger partial charge in [0.25, 0.3) is 5.91 Å². The molecule has 0 aliphatic rings. The van der Waals surface area contributed by atoms with Gasteiger partial charge in [-0.15, -0.1) is 10.2 Å². The summed E-state index contributed by atoms with van der Waals surface area (Å²) in [7, 11) is -3.53. The average Bonchev–Trinajstić information content (AvgIpc) is 3.38. The van der Waals surface area contributed by atoms with E-state index in [-0.39, 0.29) is 15.0 Å². The number of sulfone groups is 1. The van der Waals surface area contributed by atoms with E-state index in [1.54, 1.807) is 0 Å². The first kappa shape index (κ1) is 21.4. The molecule has 160 valence electrons. The number of nitrogens with zero attached hydrogens (tertiary/aromatic N) is 4. The first-order chi connectivity index (χ1) is 15.3. The Morgan fingerprint density at radius 2 is 1.88 bits per heavy atom. The van der Waals surface area contributed by atoms with Crippen molar-refractivity contribution in [2.75, 3.05) is 11.6 Å². The Balaban J connectivity index is 1.65. The number of nitriles is 1. The highest BCUT2D eigenvalue weighted by Gasteiger charge is 2.18. The van der Waals surface area contributed by atoms with Crippen molar-refractivity contribution in [2.45, 2.75) is 10.9 Å². The lowest BCUT2D eigenvalue weighted by Crippen LogP contribution is -2.13. The summed E-state index contributed by atoms with van der Waals surface area (Å²) >= 11 is 0.727. The van der Waals surface area contributed by atoms with E-state index in [1.807, 2.05) is 66.9 Å². The number of anilines is 1. The summed E-state index contributed by atoms with van der Waals surface area (Å²) in [5.74, 6) is -0.691. The molecular formula is C22H17N5O3S2. The third kappa shape index (κ3) is 4.59. The maximum absolute atomic E-state index is 12.6. The third-order valence-electron chi connectivity index (χ3n) is 4.62. The van der Waals surface area contributed by atoms with Crippen molar-refractivity contribution in [3.8, 4) is 6.07 Å². The first-order valence-corrected chi connectivity index (χ1v) is 12.1. The largest absolute Gasteiger partial charge is 0.342 e. The number of hydrogen-bond donors (Lipinski definition) is 1. The Kier molecular flexibility index (Phi) is 5.85. The van der Waals surface area contributed by atoms with Crippen molar-refractivity contribution < 1.29 is 13.2 Å². The van der Waals surface area contributed by atoms with E-state index in [9.17, 15) is 18.5 Å². The second-order valence-electron chi connectivity index (χ2n) is 6.98. The second-order valence-corrected chi connectivity index (χ2v) is 10.2. The molecule has 2 aromatic heterocycles. The van der Waals surface area contributed by atoms with Gasteiger partial charge in [0.2, 0.25) is 19.3 Å². The van der Waals surface area contributed by atoms with E-state index in [0.29, 0.717) is 6.54 Å². The fourth-order valence-corrected chi connectivity index (χ4v) is 4.68. The van der Waals surface area contributed by atoms with E-state index in [1.165, 1.54) is 6.08 Å². The summed E-state index contributed by atoms with van der Waals surface area (Å²) in [4.78, 5) is 12.6. The molecule has 0 spiro atoms. The fourth-order valence-electron chi connectivity index (χ4n) is 3.18. The van der Waals surface area contributed by atoms with Crippen LogP contribution in [0.15, 0.2) is 70.7 Å². The average molecular weight is 464 g/mol. The lowest BCUT2D eigenvalue weighted by atomic mass is 10.1. The fraction of sp³-hybridized carbons (Fsp3) is 0.0909. The van der Waals surface area contributed by atoms with Crippen LogP contribution in [-0.2, 0) is 21.2 Å². The highest BCUT2D eigenvalue weighted by Crippen LogP contribution is 2.25. The monoisotopic (exact) mass is 463 g/mol. The molecule has 1 amide bonds. The molecule has 0 unspecified atom stereocenters. The standard InChI is InChI=1S/C22H17N5O3S2/c1-32(29,30)22-26-25-21(31-22)24-20(28)16(12-23)11-17-14-27(13-15-7-3-2-4-8-15)19-10-6-5-9-18(17)19/h2-11,14H,13H2,1H3,(H,24,25,28)/b16-11-. The van der Waals surface area contributed by atoms with E-state index < -0.39 is 15.7 Å². The van der Waals surface area contributed by atoms with Crippen LogP contribution in [0.2, 0.25) is 0 Å². The third-order valence-corrected chi connectivity index (χ3v) is 7.13. The van der Waals surface area contributed by atoms with Gasteiger partial charge in [0.15, 0.2) is 0 Å². The molecule has 0 bridgehead atoms. The molecular weight excluding hydrogens is 446 g/mol. The molecule has 1 N–H and O–H groups in total. The van der Waals surface area contributed by atoms with Crippen LogP contribution in [0, 0.1) is 11.3 Å². The smallest absolute Gasteiger partial charge is 0.268 e. The molecule has 0 aliphatic heterocycles. The minimum absolute atomic E-state index is 0.00285. The van der Waals surface area contributed by atoms with Gasteiger partial charge >= 0.3 is 0 Å². The van der Waals surface area contributed by atoms with Gasteiger partial charge in [-0.25, -0.2) is 8.42 Å². The zero-order chi connectivity index (χ0) is 22.7. The van der Waals surface area contributed by atoms with Gasteiger partial charge in [0.1, 0.15) is 11.6 Å². The Morgan fingerprint density at radius 3 is 2.56 bits per heavy atom. The van der Waals surface area contributed by atoms with E-state index >= 15 is 0 Å². The summed E-state index contributed by atoms with van der Waals surface area (Å²) in [5.41, 5.74) is 2.68. The summed E-state index contributed by atoms with van der Waals surface area (Å²) in [6.45, 7) is 0.641. The number of amides is 1. The van der Waals surface area contributed by atoms with Gasteiger partial charge in [0.05, 0.1) is 0 Å². The number of nitrogens with one attached hydrogen (secondary N) is 1. The van der Waals surface area contributed by atoms with E-state index in [2.05, 4.69) is 20.1 Å². The van der Waals surface area contributed by atoms with Crippen LogP contribution < -0.4 is 5.32 Å². The van der Waals surface area contributed by atoms with Crippen LogP contribution in [0.3, 0.4) is 0 Å². The molecule has 10 heteroatoms. The van der Waals surface area contributed by atoms with Gasteiger partial charge in [0, 0.05) is 35.5 Å². The molecule has 0 aliphatic carbocycles. The van der Waals surface area contributed by atoms with Gasteiger partial charge in [-0.05, 0) is 17.7 Å². The molecule has 8 nitrogen and oxygen atoms in total. The number of rotatable bonds is 6. The normalized spacial score (nSPS) is 11.9. The van der Waals surface area contributed by atoms with Crippen molar-refractivity contribution in [1.82, 2.24) is 14.8 Å². The first-order valence-electron chi connectivity index (χ1n) is 9.43. The Bertz CT molecular complexity index is 1480. The number of benzene rings is 2. The Labute approximate surface area is 188 Å². The van der Waals surface area contributed by atoms with Crippen molar-refractivity contribution >= 4 is 49.2 Å². The van der Waals surface area contributed by atoms with Crippen LogP contribution in [0.25, 0.3) is 17.0 Å². The molecule has 4 rings (SSSR count). The highest BCUT2D eigenvalue weighted by molar-refractivity contribution is 7.92. The SMILES string of the molecule is CS(=O)(=O)c1nnc(NC(=O)/C(C#N)=C\c2cn(Cc3ccccc3)c3ccccc23)s1. The van der Waals surface area contributed by atoms with Crippen molar-refractivity contribution in [3.05, 3.63) is 77.5 Å². The minimum atomic E-state index is -3.53. The van der Waals surface area contributed by atoms with Crippen LogP contribution in [0.1, 0.15) is 11.1 Å². The topological polar surface area (TPSA) is 118 Å². The summed E-state index contributed by atoms with van der Waals surface area (Å²) in [6, 6.07) is 19.6. The van der Waals surface area contributed by atoms with E-state index in [4.69, 9.17) is 0 Å². The lowest BCUT2D eigenvalue weighted by Gasteiger charge is -2.05. The maximum atomic E-state index is 12.6. The van der Waals surface area contributed by atoms with Crippen molar-refractivity contribution in [1.29, 1.82) is 5.26 Å². The van der Waals surface area contributed by atoms with Crippen LogP contribution in [0.5, 0.6) is 0 Å². The lowest BCUT2D eigenvalue weighted by molar-refractivity contribution is -0.112. The number of para-hydroxylation sites is 1. The Hall–Kier alpha value is -3.81. The summed E-state index contributed by atoms with van der Waals surface area (Å²) < 4.78 is 25.0. The second kappa shape index (κ2) is 8.74. The van der Waals surface area contributed by atoms with Crippen LogP contribution in [0.4, 0.5) is 5.13 Å². The number of aromatic nitrogens is 3. The molecule has 2 heterocycles. The van der Waals surface area contributed by atoms with Gasteiger partial charge in [-0.3, -0.25) is 10.1 Å². The van der Waals surface area contributed by atoms with Gasteiger partial charge in [-0.1, -0.05) is 59.9 Å². The quantitative estimate of drug-likeness (QED) is 0.266. The number of carbonyl (C=O) groups is 1. The number of hydrogen-bond acceptors (Lipinski definition) is 7. The molecule has 0 radical (unpaired) electrons. The highest BCUT2D eigenvalue weighted by atomic mass is 32.2. The van der Waals surface area contributed by atoms with Crippen LogP contribution >= 0.6 is 11.3 Å². The minimum Gasteiger partial charge on any atom is -0.342 e. The molecule has 4 aromatic rings. The zero-order valence-electron chi connectivity index (χ0n) is 16.9. The maximum Gasteiger partial charge on any atom is 0.268 e. The Morgan fingerprint density at radius 1 is 1.16 bits per heavy atom. The molecule has 0 fully saturated rings. The molecule has 0 saturated carbocycles. The molecule has 0 saturated heterocycles. The van der Waals surface area contributed by atoms with Crippen LogP contribution in [-0.4, -0.2) is 35.3 Å². The predicted octanol–water partition coefficient (Wildman–Crippen LogP) is 3.49. The molecule has 0 atom stereocenters. The van der Waals surface area contributed by atoms with Crippen molar-refractivity contribution in [2.24, 2.45) is 0 Å². The predicted molar refractivity (Wildman–Crippen MR) is 123 cm³/mol. The zero-order valence-corrected chi connectivity index (χ0v) is 18.5. The molecule has 32 heavy (non-hydrogen) atoms. The number of fused-ring (bicyclic) bond motifs is 1. The summed E-state index contributed by atoms with van der Waals surface area (Å²) in [5, 5.41) is 20.1. The van der Waals surface area contributed by atoms with E-state index in [0.717, 1.165) is 39.6 Å². The van der Waals surface area contributed by atoms with Gasteiger partial charge in [-0.2, -0.15) is 5.26 Å². The molecule has 2 aromatic carbocycles. The van der Waals surface area contributed by atoms with Gasteiger partial charge < -0.3 is 4.57 Å². The summed E-state index contributed by atoms with van der Waals surface area (Å²) in [6.07, 6.45) is 4.41.